The number of H-pyrrole nitrogens is 1. The van der Waals surface area contributed by atoms with Crippen LogP contribution in [-0.4, -0.2) is 24.1 Å². The molecule has 1 aromatic heterocycles. The van der Waals surface area contributed by atoms with E-state index >= 15 is 0 Å². The fourth-order valence-electron chi connectivity index (χ4n) is 5.08. The van der Waals surface area contributed by atoms with Gasteiger partial charge in [0.2, 0.25) is 0 Å². The van der Waals surface area contributed by atoms with Crippen LogP contribution in [0.5, 0.6) is 0 Å². The third kappa shape index (κ3) is 2.90. The van der Waals surface area contributed by atoms with E-state index in [0.29, 0.717) is 0 Å². The fourth-order valence-corrected chi connectivity index (χ4v) is 5.08. The van der Waals surface area contributed by atoms with Gasteiger partial charge in [-0.3, -0.25) is 10.1 Å². The van der Waals surface area contributed by atoms with Gasteiger partial charge in [-0.15, -0.1) is 0 Å². The highest BCUT2D eigenvalue weighted by Gasteiger charge is 2.49. The highest BCUT2D eigenvalue weighted by Crippen LogP contribution is 2.47. The van der Waals surface area contributed by atoms with Gasteiger partial charge in [0, 0.05) is 22.5 Å². The average molecular weight is 411 g/mol. The van der Waals surface area contributed by atoms with E-state index in [1.54, 1.807) is 0 Å². The quantitative estimate of drug-likeness (QED) is 0.467. The Morgan fingerprint density at radius 1 is 0.935 bits per heavy atom. The van der Waals surface area contributed by atoms with Crippen molar-refractivity contribution in [2.24, 2.45) is 0 Å². The Hall–Kier alpha value is -3.37. The minimum Gasteiger partial charge on any atom is -0.468 e. The first-order chi connectivity index (χ1) is 15.1. The van der Waals surface area contributed by atoms with E-state index in [9.17, 15) is 4.79 Å². The monoisotopic (exact) mass is 410 g/mol. The molecule has 1 aliphatic heterocycles. The van der Waals surface area contributed by atoms with Gasteiger partial charge in [0.05, 0.1) is 7.11 Å². The zero-order valence-corrected chi connectivity index (χ0v) is 18.0. The Bertz CT molecular complexity index is 1200. The largest absolute Gasteiger partial charge is 0.468 e. The molecule has 0 radical (unpaired) electrons. The highest BCUT2D eigenvalue weighted by molar-refractivity contribution is 5.90. The Kier molecular flexibility index (Phi) is 4.67. The van der Waals surface area contributed by atoms with Gasteiger partial charge >= 0.3 is 5.97 Å². The van der Waals surface area contributed by atoms with Crippen LogP contribution in [0.25, 0.3) is 10.9 Å². The summed E-state index contributed by atoms with van der Waals surface area (Å²) in [7, 11) is 1.46. The van der Waals surface area contributed by atoms with Crippen LogP contribution in [0, 0.1) is 6.92 Å². The lowest BCUT2D eigenvalue weighted by molar-refractivity contribution is -0.144. The van der Waals surface area contributed by atoms with Crippen LogP contribution in [0.2, 0.25) is 0 Å². The first-order valence-corrected chi connectivity index (χ1v) is 10.7. The summed E-state index contributed by atoms with van der Waals surface area (Å²) in [5.41, 5.74) is 5.96. The van der Waals surface area contributed by atoms with Gasteiger partial charge < -0.3 is 9.72 Å². The molecule has 2 unspecified atom stereocenters. The topological polar surface area (TPSA) is 54.1 Å². The number of carbonyl (C=O) groups is 1. The molecule has 2 N–H and O–H groups in total. The Morgan fingerprint density at radius 3 is 2.13 bits per heavy atom. The lowest BCUT2D eigenvalue weighted by Crippen LogP contribution is -2.58. The molecule has 4 nitrogen and oxygen atoms in total. The number of aryl methyl sites for hydroxylation is 1. The molecule has 0 saturated heterocycles. The van der Waals surface area contributed by atoms with Crippen molar-refractivity contribution in [1.82, 2.24) is 10.3 Å². The van der Waals surface area contributed by atoms with Crippen molar-refractivity contribution in [3.05, 3.63) is 107 Å². The van der Waals surface area contributed by atoms with Crippen molar-refractivity contribution >= 4 is 16.9 Å². The maximum atomic E-state index is 13.0. The number of hydrogen-bond acceptors (Lipinski definition) is 3. The molecule has 1 aliphatic rings. The van der Waals surface area contributed by atoms with Crippen LogP contribution >= 0.6 is 0 Å². The number of esters is 1. The maximum Gasteiger partial charge on any atom is 0.323 e. The Balaban J connectivity index is 1.91. The fraction of sp³-hybridized carbons (Fsp3) is 0.222. The van der Waals surface area contributed by atoms with E-state index in [1.807, 2.05) is 36.4 Å². The molecule has 0 bridgehead atoms. The van der Waals surface area contributed by atoms with Crippen molar-refractivity contribution in [3.63, 3.8) is 0 Å². The number of ether oxygens (including phenoxy) is 1. The number of fused-ring (bicyclic) bond motifs is 3. The van der Waals surface area contributed by atoms with Crippen LogP contribution in [0.3, 0.4) is 0 Å². The molecule has 0 saturated carbocycles. The molecular formula is C27H26N2O2. The number of aromatic amines is 1. The molecule has 31 heavy (non-hydrogen) atoms. The molecule has 5 rings (SSSR count). The molecule has 0 amide bonds. The van der Waals surface area contributed by atoms with Crippen molar-refractivity contribution < 1.29 is 9.53 Å². The molecule has 2 heterocycles. The van der Waals surface area contributed by atoms with Crippen molar-refractivity contribution in [3.8, 4) is 0 Å². The lowest BCUT2D eigenvalue weighted by Gasteiger charge is -2.45. The van der Waals surface area contributed by atoms with E-state index in [2.05, 4.69) is 66.6 Å². The van der Waals surface area contributed by atoms with Crippen LogP contribution in [-0.2, 0) is 15.1 Å². The number of aromatic nitrogens is 1. The van der Waals surface area contributed by atoms with E-state index in [1.165, 1.54) is 18.2 Å². The van der Waals surface area contributed by atoms with Crippen LogP contribution in [0.15, 0.2) is 78.9 Å². The van der Waals surface area contributed by atoms with Crippen LogP contribution in [0.1, 0.15) is 40.8 Å². The first kappa shape index (κ1) is 19.6. The first-order valence-electron chi connectivity index (χ1n) is 10.7. The lowest BCUT2D eigenvalue weighted by atomic mass is 9.71. The van der Waals surface area contributed by atoms with E-state index in [4.69, 9.17) is 4.74 Å². The normalized spacial score (nSPS) is 19.7. The standard InChI is InChI=1S/C27H26N2O2/c1-17-14-15-22-21(16-17)23-18(2)24(26(30)31-3)29-27(25(23)28-22,19-10-6-4-7-11-19)20-12-8-5-9-13-20/h4-16,18,24,28-29H,1-3H3. The van der Waals surface area contributed by atoms with Gasteiger partial charge in [-0.2, -0.15) is 0 Å². The number of methoxy groups -OCH3 is 1. The Labute approximate surface area is 182 Å². The van der Waals surface area contributed by atoms with Gasteiger partial charge in [-0.05, 0) is 35.7 Å². The van der Waals surface area contributed by atoms with E-state index in [0.717, 1.165) is 27.7 Å². The summed E-state index contributed by atoms with van der Waals surface area (Å²) in [6.07, 6.45) is 0. The molecule has 156 valence electrons. The SMILES string of the molecule is COC(=O)C1NC(c2ccccc2)(c2ccccc2)c2[nH]c3ccc(C)cc3c2C1C. The zero-order valence-electron chi connectivity index (χ0n) is 18.0. The second-order valence-electron chi connectivity index (χ2n) is 8.38. The second-order valence-corrected chi connectivity index (χ2v) is 8.38. The summed E-state index contributed by atoms with van der Waals surface area (Å²) in [5, 5.41) is 4.89. The van der Waals surface area contributed by atoms with Crippen molar-refractivity contribution in [2.75, 3.05) is 7.11 Å². The molecule has 0 aliphatic carbocycles. The van der Waals surface area contributed by atoms with Gasteiger partial charge in [0.1, 0.15) is 11.6 Å². The van der Waals surface area contributed by atoms with E-state index < -0.39 is 11.6 Å². The van der Waals surface area contributed by atoms with E-state index in [-0.39, 0.29) is 11.9 Å². The Morgan fingerprint density at radius 2 is 1.55 bits per heavy atom. The number of rotatable bonds is 3. The number of nitrogens with one attached hydrogen (secondary N) is 2. The summed E-state index contributed by atoms with van der Waals surface area (Å²) < 4.78 is 5.24. The summed E-state index contributed by atoms with van der Waals surface area (Å²) >= 11 is 0. The molecule has 3 aromatic carbocycles. The minimum atomic E-state index is -0.712. The van der Waals surface area contributed by atoms with Crippen LogP contribution < -0.4 is 5.32 Å². The number of benzene rings is 3. The number of carbonyl (C=O) groups excluding carboxylic acids is 1. The summed E-state index contributed by atoms with van der Waals surface area (Å²) in [5.74, 6) is -0.310. The molecule has 0 fully saturated rings. The predicted octanol–water partition coefficient (Wildman–Crippen LogP) is 5.02. The molecule has 2 atom stereocenters. The van der Waals surface area contributed by atoms with Crippen LogP contribution in [0.4, 0.5) is 0 Å². The molecule has 0 spiro atoms. The molecular weight excluding hydrogens is 384 g/mol. The van der Waals surface area contributed by atoms with Crippen molar-refractivity contribution in [2.45, 2.75) is 31.3 Å². The third-order valence-corrected chi connectivity index (χ3v) is 6.57. The molecule has 4 heteroatoms. The summed E-state index contributed by atoms with van der Waals surface area (Å²) in [4.78, 5) is 16.7. The van der Waals surface area contributed by atoms with Crippen molar-refractivity contribution in [1.29, 1.82) is 0 Å². The smallest absolute Gasteiger partial charge is 0.323 e. The third-order valence-electron chi connectivity index (χ3n) is 6.57. The zero-order chi connectivity index (χ0) is 21.6. The minimum absolute atomic E-state index is 0.0569. The summed E-state index contributed by atoms with van der Waals surface area (Å²) in [6, 6.07) is 26.6. The summed E-state index contributed by atoms with van der Waals surface area (Å²) in [6.45, 7) is 4.20. The van der Waals surface area contributed by atoms with Gasteiger partial charge in [-0.25, -0.2) is 0 Å². The number of hydrogen-bond donors (Lipinski definition) is 2. The highest BCUT2D eigenvalue weighted by atomic mass is 16.5. The maximum absolute atomic E-state index is 13.0. The predicted molar refractivity (Wildman–Crippen MR) is 123 cm³/mol. The van der Waals surface area contributed by atoms with Gasteiger partial charge in [0.25, 0.3) is 0 Å². The van der Waals surface area contributed by atoms with Gasteiger partial charge in [0.15, 0.2) is 0 Å². The molecule has 4 aromatic rings. The average Bonchev–Trinajstić information content (AvgIpc) is 3.20. The van der Waals surface area contributed by atoms with Gasteiger partial charge in [-0.1, -0.05) is 79.2 Å². The second kappa shape index (κ2) is 7.40.